The molecule has 9 nitrogen and oxygen atoms in total. The molecule has 3 rings (SSSR count). The lowest BCUT2D eigenvalue weighted by molar-refractivity contribution is 0.0386. The van der Waals surface area contributed by atoms with Crippen LogP contribution < -0.4 is 0 Å². The molecular weight excluding hydrogens is 456 g/mol. The fourth-order valence-electron chi connectivity index (χ4n) is 3.21. The number of amides is 1. The Labute approximate surface area is 202 Å². The highest BCUT2D eigenvalue weighted by Gasteiger charge is 2.30. The highest BCUT2D eigenvalue weighted by molar-refractivity contribution is 7.83. The Morgan fingerprint density at radius 1 is 1.12 bits per heavy atom. The average molecular weight is 487 g/mol. The normalized spacial score (nSPS) is 16.3. The molecule has 0 aromatic heterocycles. The van der Waals surface area contributed by atoms with E-state index in [9.17, 15) is 13.8 Å². The third-order valence-corrected chi connectivity index (χ3v) is 6.26. The van der Waals surface area contributed by atoms with Gasteiger partial charge in [-0.1, -0.05) is 47.2 Å². The van der Waals surface area contributed by atoms with Crippen LogP contribution in [0.3, 0.4) is 0 Å². The molecule has 182 valence electrons. The van der Waals surface area contributed by atoms with E-state index < -0.39 is 28.6 Å². The second kappa shape index (κ2) is 10.8. The van der Waals surface area contributed by atoms with E-state index in [1.165, 1.54) is 7.11 Å². The topological polar surface area (TPSA) is 101 Å². The molecule has 0 aliphatic carbocycles. The second-order valence-corrected chi connectivity index (χ2v) is 10.3. The molecular formula is C24H30N4O5S. The Morgan fingerprint density at radius 2 is 1.76 bits per heavy atom. The summed E-state index contributed by atoms with van der Waals surface area (Å²) in [5, 5.41) is 10.0. The molecule has 1 heterocycles. The summed E-state index contributed by atoms with van der Waals surface area (Å²) >= 11 is 0. The second-order valence-electron chi connectivity index (χ2n) is 8.98. The number of carbonyl (C=O) groups excluding carboxylic acids is 2. The van der Waals surface area contributed by atoms with Crippen LogP contribution in [0.4, 0.5) is 4.79 Å². The molecule has 1 aliphatic rings. The van der Waals surface area contributed by atoms with E-state index >= 15 is 0 Å². The lowest BCUT2D eigenvalue weighted by Gasteiger charge is -2.27. The van der Waals surface area contributed by atoms with Gasteiger partial charge in [0.15, 0.2) is 0 Å². The first kappa shape index (κ1) is 25.4. The van der Waals surface area contributed by atoms with Crippen molar-refractivity contribution in [2.45, 2.75) is 45.9 Å². The summed E-state index contributed by atoms with van der Waals surface area (Å²) in [7, 11) is -0.456. The molecule has 10 heteroatoms. The van der Waals surface area contributed by atoms with Gasteiger partial charge in [0.05, 0.1) is 25.8 Å². The number of esters is 1. The largest absolute Gasteiger partial charge is 0.465 e. The number of ether oxygens (including phenoxy) is 2. The molecule has 2 unspecified atom stereocenters. The van der Waals surface area contributed by atoms with Gasteiger partial charge in [-0.25, -0.2) is 18.1 Å². The summed E-state index contributed by atoms with van der Waals surface area (Å²) in [4.78, 5) is 24.6. The Bertz CT molecular complexity index is 1060. The van der Waals surface area contributed by atoms with Gasteiger partial charge in [-0.15, -0.1) is 0 Å². The number of carbonyl (C=O) groups is 2. The van der Waals surface area contributed by atoms with Gasteiger partial charge >= 0.3 is 12.1 Å². The molecule has 0 saturated carbocycles. The molecule has 2 atom stereocenters. The van der Waals surface area contributed by atoms with Crippen molar-refractivity contribution < 1.29 is 23.3 Å². The first-order chi connectivity index (χ1) is 16.1. The summed E-state index contributed by atoms with van der Waals surface area (Å²) in [6, 6.07) is 14.4. The Kier molecular flexibility index (Phi) is 8.03. The van der Waals surface area contributed by atoms with Crippen LogP contribution in [-0.4, -0.2) is 50.7 Å². The van der Waals surface area contributed by atoms with Crippen molar-refractivity contribution in [1.82, 2.24) is 9.31 Å². The summed E-state index contributed by atoms with van der Waals surface area (Å²) in [6.45, 7) is 7.76. The van der Waals surface area contributed by atoms with Crippen molar-refractivity contribution in [3.05, 3.63) is 70.8 Å². The minimum atomic E-state index is -1.76. The third kappa shape index (κ3) is 6.86. The molecule has 34 heavy (non-hydrogen) atoms. The summed E-state index contributed by atoms with van der Waals surface area (Å²) in [5.74, 6) is -0.465. The summed E-state index contributed by atoms with van der Waals surface area (Å²) < 4.78 is 24.6. The van der Waals surface area contributed by atoms with E-state index in [1.54, 1.807) is 50.0 Å². The number of nitrogens with zero attached hydrogens (tertiary/aromatic N) is 4. The van der Waals surface area contributed by atoms with Gasteiger partial charge in [-0.05, 0) is 51.0 Å². The Hall–Kier alpha value is -3.27. The van der Waals surface area contributed by atoms with Crippen molar-refractivity contribution in [3.8, 4) is 0 Å². The molecule has 0 bridgehead atoms. The van der Waals surface area contributed by atoms with Crippen molar-refractivity contribution in [2.75, 3.05) is 19.5 Å². The van der Waals surface area contributed by atoms with E-state index in [0.717, 1.165) is 15.4 Å². The van der Waals surface area contributed by atoms with Gasteiger partial charge in [0.25, 0.3) is 0 Å². The van der Waals surface area contributed by atoms with Crippen molar-refractivity contribution in [2.24, 2.45) is 10.3 Å². The van der Waals surface area contributed by atoms with Crippen LogP contribution in [0.5, 0.6) is 0 Å². The zero-order valence-electron chi connectivity index (χ0n) is 20.1. The maximum Gasteiger partial charge on any atom is 0.422 e. The quantitative estimate of drug-likeness (QED) is 0.532. The maximum absolute atomic E-state index is 13.3. The minimum Gasteiger partial charge on any atom is -0.465 e. The van der Waals surface area contributed by atoms with E-state index in [4.69, 9.17) is 9.47 Å². The molecule has 2 aromatic rings. The van der Waals surface area contributed by atoms with Crippen LogP contribution in [0.2, 0.25) is 0 Å². The molecule has 1 amide bonds. The zero-order valence-corrected chi connectivity index (χ0v) is 20.9. The lowest BCUT2D eigenvalue weighted by atomic mass is 10.1. The maximum atomic E-state index is 13.3. The molecule has 0 saturated heterocycles. The van der Waals surface area contributed by atoms with Crippen LogP contribution in [0.1, 0.15) is 53.9 Å². The fourth-order valence-corrected chi connectivity index (χ4v) is 4.25. The Morgan fingerprint density at radius 3 is 2.35 bits per heavy atom. The van der Waals surface area contributed by atoms with E-state index in [2.05, 4.69) is 10.3 Å². The van der Waals surface area contributed by atoms with Gasteiger partial charge < -0.3 is 9.47 Å². The van der Waals surface area contributed by atoms with Gasteiger partial charge in [0, 0.05) is 0 Å². The number of hydrogen-bond acceptors (Lipinski definition) is 8. The van der Waals surface area contributed by atoms with Gasteiger partial charge in [-0.3, -0.25) is 5.01 Å². The van der Waals surface area contributed by atoms with Crippen LogP contribution in [0.25, 0.3) is 0 Å². The summed E-state index contributed by atoms with van der Waals surface area (Å²) in [6.07, 6.45) is -0.700. The van der Waals surface area contributed by atoms with E-state index in [1.807, 2.05) is 31.2 Å². The van der Waals surface area contributed by atoms with Crippen LogP contribution in [0.15, 0.2) is 58.9 Å². The predicted octanol–water partition coefficient (Wildman–Crippen LogP) is 4.56. The highest BCUT2D eigenvalue weighted by Crippen LogP contribution is 2.26. The van der Waals surface area contributed by atoms with Gasteiger partial charge in [-0.2, -0.15) is 5.11 Å². The highest BCUT2D eigenvalue weighted by atomic mass is 32.2. The van der Waals surface area contributed by atoms with Crippen LogP contribution >= 0.6 is 0 Å². The SMILES string of the molecule is COC(=O)c1ccc(CN(C(=O)OC(C)(C)C)S(=O)CN2CC(c3ccc(C)cc3)N=N2)cc1. The minimum absolute atomic E-state index is 0.00858. The predicted molar refractivity (Wildman–Crippen MR) is 128 cm³/mol. The first-order valence-corrected chi connectivity index (χ1v) is 12.1. The van der Waals surface area contributed by atoms with Gasteiger partial charge in [0.2, 0.25) is 0 Å². The van der Waals surface area contributed by atoms with E-state index in [-0.39, 0.29) is 18.5 Å². The molecule has 0 spiro atoms. The van der Waals surface area contributed by atoms with Crippen molar-refractivity contribution >= 4 is 23.0 Å². The lowest BCUT2D eigenvalue weighted by Crippen LogP contribution is -2.40. The molecule has 0 fully saturated rings. The van der Waals surface area contributed by atoms with Crippen molar-refractivity contribution in [1.29, 1.82) is 0 Å². The Balaban J connectivity index is 1.70. The zero-order chi connectivity index (χ0) is 24.9. The first-order valence-electron chi connectivity index (χ1n) is 10.8. The smallest absolute Gasteiger partial charge is 0.422 e. The van der Waals surface area contributed by atoms with Crippen LogP contribution in [-0.2, 0) is 27.0 Å². The summed E-state index contributed by atoms with van der Waals surface area (Å²) in [5.41, 5.74) is 2.50. The van der Waals surface area contributed by atoms with Gasteiger partial charge in [0.1, 0.15) is 28.5 Å². The van der Waals surface area contributed by atoms with Crippen LogP contribution in [0, 0.1) is 6.92 Å². The number of benzene rings is 2. The molecule has 1 aliphatic heterocycles. The number of hydrogen-bond donors (Lipinski definition) is 0. The number of rotatable bonds is 7. The monoisotopic (exact) mass is 486 g/mol. The molecule has 2 aromatic carbocycles. The van der Waals surface area contributed by atoms with E-state index in [0.29, 0.717) is 17.7 Å². The molecule has 0 radical (unpaired) electrons. The number of aryl methyl sites for hydroxylation is 1. The molecule has 0 N–H and O–H groups in total. The number of methoxy groups -OCH3 is 1. The average Bonchev–Trinajstić information content (AvgIpc) is 3.24. The third-order valence-electron chi connectivity index (χ3n) is 4.97. The fraction of sp³-hybridized carbons (Fsp3) is 0.417. The standard InChI is InChI=1S/C24H30N4O5S/c1-17-6-10-19(11-7-17)21-15-27(26-25-21)16-34(31)28(23(30)33-24(2,3)4)14-18-8-12-20(13-9-18)22(29)32-5/h6-13,21H,14-16H2,1-5H3. The van der Waals surface area contributed by atoms with Crippen molar-refractivity contribution in [3.63, 3.8) is 0 Å².